The van der Waals surface area contributed by atoms with Gasteiger partial charge in [0.05, 0.1) is 6.20 Å². The maximum Gasteiger partial charge on any atom is 0.236 e. The summed E-state index contributed by atoms with van der Waals surface area (Å²) in [6.45, 7) is 0. The lowest BCUT2D eigenvalue weighted by Gasteiger charge is -2.25. The average Bonchev–Trinajstić information content (AvgIpc) is 2.82. The smallest absolute Gasteiger partial charge is 0.236 e. The highest BCUT2D eigenvalue weighted by atomic mass is 16.3. The van der Waals surface area contributed by atoms with Crippen molar-refractivity contribution in [3.8, 4) is 0 Å². The first-order valence-corrected chi connectivity index (χ1v) is 5.21. The van der Waals surface area contributed by atoms with Crippen LogP contribution in [0.4, 0.5) is 0 Å². The lowest BCUT2D eigenvalue weighted by molar-refractivity contribution is -0.126. The van der Waals surface area contributed by atoms with Gasteiger partial charge in [-0.25, -0.2) is 10.8 Å². The van der Waals surface area contributed by atoms with Crippen molar-refractivity contribution < 1.29 is 9.21 Å². The number of carbonyl (C=O) groups excluding carboxylic acids is 1. The molecule has 1 saturated carbocycles. The third-order valence-corrected chi connectivity index (χ3v) is 3.04. The minimum atomic E-state index is -0.0548. The summed E-state index contributed by atoms with van der Waals surface area (Å²) >= 11 is 0. The molecule has 1 aliphatic carbocycles. The van der Waals surface area contributed by atoms with E-state index in [9.17, 15) is 4.79 Å². The predicted octanol–water partition coefficient (Wildman–Crippen LogP) is 0.938. The summed E-state index contributed by atoms with van der Waals surface area (Å²) in [5.74, 6) is 6.26. The van der Waals surface area contributed by atoms with Crippen LogP contribution in [0.2, 0.25) is 0 Å². The maximum absolute atomic E-state index is 11.3. The Balaban J connectivity index is 1.90. The second kappa shape index (κ2) is 4.44. The SMILES string of the molecule is NNC(=O)[C@H]1CC[C@H](c2ncco2)CC1. The van der Waals surface area contributed by atoms with Crippen LogP contribution >= 0.6 is 0 Å². The quantitative estimate of drug-likeness (QED) is 0.431. The van der Waals surface area contributed by atoms with Crippen molar-refractivity contribution in [3.05, 3.63) is 18.4 Å². The van der Waals surface area contributed by atoms with Crippen LogP contribution in [0.1, 0.15) is 37.5 Å². The van der Waals surface area contributed by atoms with Gasteiger partial charge in [-0.05, 0) is 25.7 Å². The Kier molecular flexibility index (Phi) is 3.01. The highest BCUT2D eigenvalue weighted by molar-refractivity contribution is 5.78. The summed E-state index contributed by atoms with van der Waals surface area (Å²) in [5, 5.41) is 0. The van der Waals surface area contributed by atoms with Gasteiger partial charge in [0.25, 0.3) is 0 Å². The highest BCUT2D eigenvalue weighted by Gasteiger charge is 2.28. The van der Waals surface area contributed by atoms with Crippen molar-refractivity contribution in [2.45, 2.75) is 31.6 Å². The Morgan fingerprint density at radius 3 is 2.73 bits per heavy atom. The van der Waals surface area contributed by atoms with E-state index in [2.05, 4.69) is 10.4 Å². The molecule has 82 valence electrons. The second-order valence-corrected chi connectivity index (χ2v) is 3.93. The molecule has 5 heteroatoms. The van der Waals surface area contributed by atoms with Crippen LogP contribution in [0, 0.1) is 5.92 Å². The van der Waals surface area contributed by atoms with E-state index >= 15 is 0 Å². The van der Waals surface area contributed by atoms with Crippen LogP contribution in [-0.4, -0.2) is 10.9 Å². The van der Waals surface area contributed by atoms with E-state index in [0.29, 0.717) is 5.92 Å². The molecule has 1 aromatic heterocycles. The molecule has 2 rings (SSSR count). The molecule has 1 aromatic rings. The average molecular weight is 209 g/mol. The first-order chi connectivity index (χ1) is 7.31. The first kappa shape index (κ1) is 10.2. The van der Waals surface area contributed by atoms with Crippen molar-refractivity contribution >= 4 is 5.91 Å². The fourth-order valence-corrected chi connectivity index (χ4v) is 2.16. The molecule has 0 spiro atoms. The highest BCUT2D eigenvalue weighted by Crippen LogP contribution is 2.34. The molecule has 1 fully saturated rings. The number of nitrogens with one attached hydrogen (secondary N) is 1. The van der Waals surface area contributed by atoms with E-state index in [-0.39, 0.29) is 11.8 Å². The Labute approximate surface area is 88.0 Å². The van der Waals surface area contributed by atoms with Gasteiger partial charge in [0.1, 0.15) is 6.26 Å². The molecule has 1 aliphatic rings. The molecule has 5 nitrogen and oxygen atoms in total. The summed E-state index contributed by atoms with van der Waals surface area (Å²) in [6.07, 6.45) is 6.85. The van der Waals surface area contributed by atoms with Gasteiger partial charge in [-0.1, -0.05) is 0 Å². The third kappa shape index (κ3) is 2.18. The van der Waals surface area contributed by atoms with E-state index in [0.717, 1.165) is 31.6 Å². The number of oxazole rings is 1. The van der Waals surface area contributed by atoms with E-state index in [4.69, 9.17) is 10.3 Å². The van der Waals surface area contributed by atoms with Crippen LogP contribution in [0.25, 0.3) is 0 Å². The Morgan fingerprint density at radius 2 is 2.20 bits per heavy atom. The summed E-state index contributed by atoms with van der Waals surface area (Å²) in [6, 6.07) is 0. The number of nitrogens with two attached hydrogens (primary N) is 1. The van der Waals surface area contributed by atoms with Crippen molar-refractivity contribution in [3.63, 3.8) is 0 Å². The maximum atomic E-state index is 11.3. The van der Waals surface area contributed by atoms with Crippen molar-refractivity contribution in [2.24, 2.45) is 11.8 Å². The predicted molar refractivity (Wildman–Crippen MR) is 53.5 cm³/mol. The van der Waals surface area contributed by atoms with Gasteiger partial charge in [-0.15, -0.1) is 0 Å². The van der Waals surface area contributed by atoms with Gasteiger partial charge < -0.3 is 4.42 Å². The van der Waals surface area contributed by atoms with Crippen molar-refractivity contribution in [1.29, 1.82) is 0 Å². The molecule has 1 amide bonds. The number of hydrazine groups is 1. The molecule has 3 N–H and O–H groups in total. The van der Waals surface area contributed by atoms with Gasteiger partial charge in [0.15, 0.2) is 5.89 Å². The van der Waals surface area contributed by atoms with Gasteiger partial charge in [-0.2, -0.15) is 0 Å². The number of rotatable bonds is 2. The number of amides is 1. The molecule has 15 heavy (non-hydrogen) atoms. The molecular weight excluding hydrogens is 194 g/mol. The number of nitrogens with zero attached hydrogens (tertiary/aromatic N) is 1. The molecule has 0 saturated heterocycles. The zero-order valence-electron chi connectivity index (χ0n) is 8.48. The van der Waals surface area contributed by atoms with Crippen LogP contribution < -0.4 is 11.3 Å². The van der Waals surface area contributed by atoms with Gasteiger partial charge >= 0.3 is 0 Å². The lowest BCUT2D eigenvalue weighted by atomic mass is 9.81. The summed E-state index contributed by atoms with van der Waals surface area (Å²) in [5.41, 5.74) is 2.21. The van der Waals surface area contributed by atoms with Crippen LogP contribution in [0.5, 0.6) is 0 Å². The van der Waals surface area contributed by atoms with Gasteiger partial charge in [-0.3, -0.25) is 10.2 Å². The molecule has 0 atom stereocenters. The molecule has 0 radical (unpaired) electrons. The van der Waals surface area contributed by atoms with E-state index < -0.39 is 0 Å². The van der Waals surface area contributed by atoms with Crippen LogP contribution in [-0.2, 0) is 4.79 Å². The summed E-state index contributed by atoms with van der Waals surface area (Å²) < 4.78 is 5.26. The lowest BCUT2D eigenvalue weighted by Crippen LogP contribution is -2.37. The zero-order valence-corrected chi connectivity index (χ0v) is 8.48. The molecule has 0 unspecified atom stereocenters. The normalized spacial score (nSPS) is 26.2. The Morgan fingerprint density at radius 1 is 1.47 bits per heavy atom. The molecule has 0 aliphatic heterocycles. The van der Waals surface area contributed by atoms with Crippen LogP contribution in [0.3, 0.4) is 0 Å². The van der Waals surface area contributed by atoms with E-state index in [1.54, 1.807) is 12.5 Å². The van der Waals surface area contributed by atoms with Crippen molar-refractivity contribution in [1.82, 2.24) is 10.4 Å². The minimum Gasteiger partial charge on any atom is -0.449 e. The number of hydrogen-bond donors (Lipinski definition) is 2. The minimum absolute atomic E-state index is 0.0548. The van der Waals surface area contributed by atoms with Crippen molar-refractivity contribution in [2.75, 3.05) is 0 Å². The topological polar surface area (TPSA) is 81.1 Å². The summed E-state index contributed by atoms with van der Waals surface area (Å²) in [4.78, 5) is 15.4. The molecular formula is C10H15N3O2. The monoisotopic (exact) mass is 209 g/mol. The molecule has 0 bridgehead atoms. The Bertz CT molecular complexity index is 315. The summed E-state index contributed by atoms with van der Waals surface area (Å²) in [7, 11) is 0. The fraction of sp³-hybridized carbons (Fsp3) is 0.600. The Hall–Kier alpha value is -1.36. The van der Waals surface area contributed by atoms with Gasteiger partial charge in [0, 0.05) is 11.8 Å². The largest absolute Gasteiger partial charge is 0.449 e. The number of hydrogen-bond acceptors (Lipinski definition) is 4. The standard InChI is InChI=1S/C10H15N3O2/c11-13-9(14)7-1-3-8(4-2-7)10-12-5-6-15-10/h5-8H,1-4,11H2,(H,13,14)/t7-,8-. The fourth-order valence-electron chi connectivity index (χ4n) is 2.16. The zero-order chi connectivity index (χ0) is 10.7. The third-order valence-electron chi connectivity index (χ3n) is 3.04. The second-order valence-electron chi connectivity index (χ2n) is 3.93. The molecule has 1 heterocycles. The van der Waals surface area contributed by atoms with E-state index in [1.807, 2.05) is 0 Å². The first-order valence-electron chi connectivity index (χ1n) is 5.21. The van der Waals surface area contributed by atoms with Gasteiger partial charge in [0.2, 0.25) is 5.91 Å². The van der Waals surface area contributed by atoms with Crippen LogP contribution in [0.15, 0.2) is 16.9 Å². The number of carbonyl (C=O) groups is 1. The molecule has 0 aromatic carbocycles. The van der Waals surface area contributed by atoms with E-state index in [1.165, 1.54) is 0 Å². The number of aromatic nitrogens is 1.